The third kappa shape index (κ3) is 3.97. The number of nitrogen functional groups attached to an aromatic ring is 1. The number of ether oxygens (including phenoxy) is 1. The minimum Gasteiger partial charge on any atom is -0.462 e. The number of nitrogens with one attached hydrogen (secondary N) is 1. The summed E-state index contributed by atoms with van der Waals surface area (Å²) >= 11 is 2.35. The van der Waals surface area contributed by atoms with Gasteiger partial charge in [-0.2, -0.15) is 0 Å². The van der Waals surface area contributed by atoms with Crippen LogP contribution >= 0.6 is 22.7 Å². The van der Waals surface area contributed by atoms with Crippen LogP contribution in [0.2, 0.25) is 0 Å². The number of fused-ring (bicyclic) bond motifs is 2. The molecule has 0 radical (unpaired) electrons. The minimum absolute atomic E-state index is 0.177. The van der Waals surface area contributed by atoms with E-state index in [4.69, 9.17) is 10.5 Å². The van der Waals surface area contributed by atoms with Crippen LogP contribution in [0.3, 0.4) is 0 Å². The SMILES string of the molecule is CCOC(=O)c1c(NC(=O)c2sc3nc(C(F)F)cc(C)c3c2N)sc2c1CC[C@H](C)C2. The number of alkyl halides is 2. The number of anilines is 2. The molecule has 3 aromatic rings. The molecule has 6 nitrogen and oxygen atoms in total. The van der Waals surface area contributed by atoms with Gasteiger partial charge in [-0.05, 0) is 56.2 Å². The van der Waals surface area contributed by atoms with E-state index in [1.165, 1.54) is 17.4 Å². The quantitative estimate of drug-likeness (QED) is 0.455. The van der Waals surface area contributed by atoms with Crippen molar-refractivity contribution < 1.29 is 23.1 Å². The smallest absolute Gasteiger partial charge is 0.341 e. The van der Waals surface area contributed by atoms with Crippen LogP contribution < -0.4 is 11.1 Å². The summed E-state index contributed by atoms with van der Waals surface area (Å²) in [6, 6.07) is 1.28. The highest BCUT2D eigenvalue weighted by Gasteiger charge is 2.30. The molecule has 1 amide bonds. The van der Waals surface area contributed by atoms with Crippen LogP contribution in [-0.4, -0.2) is 23.5 Å². The third-order valence-electron chi connectivity index (χ3n) is 5.56. The highest BCUT2D eigenvalue weighted by Crippen LogP contribution is 2.41. The van der Waals surface area contributed by atoms with Crippen molar-refractivity contribution in [3.63, 3.8) is 0 Å². The van der Waals surface area contributed by atoms with Crippen LogP contribution in [0.4, 0.5) is 19.5 Å². The van der Waals surface area contributed by atoms with Gasteiger partial charge in [-0.25, -0.2) is 18.6 Å². The first-order valence-electron chi connectivity index (χ1n) is 10.3. The maximum atomic E-state index is 13.1. The number of thiophene rings is 2. The lowest BCUT2D eigenvalue weighted by Gasteiger charge is -2.18. The lowest BCUT2D eigenvalue weighted by Crippen LogP contribution is -2.16. The zero-order chi connectivity index (χ0) is 23.2. The van der Waals surface area contributed by atoms with Crippen LogP contribution in [0.25, 0.3) is 10.2 Å². The molecule has 0 spiro atoms. The summed E-state index contributed by atoms with van der Waals surface area (Å²) in [5.74, 6) is -0.463. The van der Waals surface area contributed by atoms with Gasteiger partial charge in [-0.15, -0.1) is 22.7 Å². The topological polar surface area (TPSA) is 94.3 Å². The first-order valence-corrected chi connectivity index (χ1v) is 11.9. The van der Waals surface area contributed by atoms with Crippen molar-refractivity contribution >= 4 is 55.5 Å². The molecular weight excluding hydrogens is 456 g/mol. The Bertz CT molecular complexity index is 1220. The second-order valence-electron chi connectivity index (χ2n) is 7.92. The van der Waals surface area contributed by atoms with Gasteiger partial charge in [-0.1, -0.05) is 6.92 Å². The molecule has 3 N–H and O–H groups in total. The maximum absolute atomic E-state index is 13.1. The summed E-state index contributed by atoms with van der Waals surface area (Å²) in [4.78, 5) is 31.3. The Labute approximate surface area is 191 Å². The molecule has 0 unspecified atom stereocenters. The number of rotatable bonds is 5. The van der Waals surface area contributed by atoms with Crippen molar-refractivity contribution in [1.82, 2.24) is 4.98 Å². The average Bonchev–Trinajstić information content (AvgIpc) is 3.25. The number of nitrogens with two attached hydrogens (primary N) is 1. The molecule has 1 aliphatic carbocycles. The second kappa shape index (κ2) is 8.74. The van der Waals surface area contributed by atoms with Crippen LogP contribution in [-0.2, 0) is 17.6 Å². The molecule has 10 heteroatoms. The van der Waals surface area contributed by atoms with E-state index < -0.39 is 18.3 Å². The molecule has 3 heterocycles. The average molecular weight is 480 g/mol. The van der Waals surface area contributed by atoms with Gasteiger partial charge < -0.3 is 15.8 Å². The molecule has 0 fully saturated rings. The fourth-order valence-electron chi connectivity index (χ4n) is 4.03. The zero-order valence-electron chi connectivity index (χ0n) is 17.9. The zero-order valence-corrected chi connectivity index (χ0v) is 19.5. The van der Waals surface area contributed by atoms with Gasteiger partial charge in [0, 0.05) is 10.3 Å². The number of aromatic nitrogens is 1. The number of nitrogens with zero attached hydrogens (tertiary/aromatic N) is 1. The van der Waals surface area contributed by atoms with E-state index in [-0.39, 0.29) is 27.7 Å². The van der Waals surface area contributed by atoms with Gasteiger partial charge in [0.15, 0.2) is 0 Å². The number of amides is 1. The Balaban J connectivity index is 1.73. The maximum Gasteiger partial charge on any atom is 0.341 e. The van der Waals surface area contributed by atoms with Crippen molar-refractivity contribution in [3.05, 3.63) is 38.2 Å². The van der Waals surface area contributed by atoms with Crippen LogP contribution in [0.15, 0.2) is 6.07 Å². The minimum atomic E-state index is -2.72. The standard InChI is InChI=1S/C22H23F2N3O3S2/c1-4-30-22(29)15-11-6-5-9(2)7-13(11)31-21(15)27-19(28)17-16(25)14-10(3)8-12(18(23)24)26-20(14)32-17/h8-9,18H,4-7,25H2,1-3H3,(H,27,28)/t9-/m0/s1. The molecule has 170 valence electrons. The molecule has 4 rings (SSSR count). The van der Waals surface area contributed by atoms with Gasteiger partial charge in [-0.3, -0.25) is 4.79 Å². The fourth-order valence-corrected chi connectivity index (χ4v) is 6.50. The van der Waals surface area contributed by atoms with E-state index in [9.17, 15) is 18.4 Å². The summed E-state index contributed by atoms with van der Waals surface area (Å²) in [7, 11) is 0. The number of pyridine rings is 1. The molecule has 3 aromatic heterocycles. The predicted molar refractivity (Wildman–Crippen MR) is 123 cm³/mol. The number of halogens is 2. The van der Waals surface area contributed by atoms with E-state index >= 15 is 0 Å². The monoisotopic (exact) mass is 479 g/mol. The molecule has 0 saturated heterocycles. The Morgan fingerprint density at radius 3 is 2.81 bits per heavy atom. The van der Waals surface area contributed by atoms with Crippen LogP contribution in [0, 0.1) is 12.8 Å². The first kappa shape index (κ1) is 22.6. The summed E-state index contributed by atoms with van der Waals surface area (Å²) in [6.45, 7) is 5.78. The first-order chi connectivity index (χ1) is 15.2. The Morgan fingerprint density at radius 2 is 2.12 bits per heavy atom. The molecule has 1 aliphatic rings. The number of carbonyl (C=O) groups is 2. The van der Waals surface area contributed by atoms with Gasteiger partial charge in [0.1, 0.15) is 20.4 Å². The van der Waals surface area contributed by atoms with Crippen LogP contribution in [0.5, 0.6) is 0 Å². The Hall–Kier alpha value is -2.59. The van der Waals surface area contributed by atoms with Crippen molar-refractivity contribution in [2.75, 3.05) is 17.7 Å². The molecule has 0 saturated carbocycles. The lowest BCUT2D eigenvalue weighted by molar-refractivity contribution is 0.0526. The molecular formula is C22H23F2N3O3S2. The van der Waals surface area contributed by atoms with Crippen molar-refractivity contribution in [2.24, 2.45) is 5.92 Å². The number of esters is 1. The summed E-state index contributed by atoms with van der Waals surface area (Å²) < 4.78 is 31.5. The Kier molecular flexibility index (Phi) is 6.17. The van der Waals surface area contributed by atoms with Crippen LogP contribution in [0.1, 0.15) is 68.4 Å². The van der Waals surface area contributed by atoms with Gasteiger partial charge in [0.25, 0.3) is 12.3 Å². The number of carbonyl (C=O) groups excluding carboxylic acids is 2. The normalized spacial score (nSPS) is 15.8. The van der Waals surface area contributed by atoms with Gasteiger partial charge in [0.2, 0.25) is 0 Å². The molecule has 0 aliphatic heterocycles. The van der Waals surface area contributed by atoms with E-state index in [1.54, 1.807) is 13.8 Å². The van der Waals surface area contributed by atoms with Gasteiger partial charge >= 0.3 is 5.97 Å². The van der Waals surface area contributed by atoms with E-state index in [2.05, 4.69) is 17.2 Å². The second-order valence-corrected chi connectivity index (χ2v) is 10.0. The number of hydrogen-bond donors (Lipinski definition) is 2. The molecule has 0 aromatic carbocycles. The molecule has 0 bridgehead atoms. The fraction of sp³-hybridized carbons (Fsp3) is 0.409. The van der Waals surface area contributed by atoms with Crippen molar-refractivity contribution in [1.29, 1.82) is 0 Å². The lowest BCUT2D eigenvalue weighted by atomic mass is 9.88. The highest BCUT2D eigenvalue weighted by atomic mass is 32.1. The van der Waals surface area contributed by atoms with E-state index in [0.29, 0.717) is 27.4 Å². The summed E-state index contributed by atoms with van der Waals surface area (Å²) in [6.07, 6.45) is -0.163. The van der Waals surface area contributed by atoms with Crippen molar-refractivity contribution in [3.8, 4) is 0 Å². The van der Waals surface area contributed by atoms with Crippen molar-refractivity contribution in [2.45, 2.75) is 46.5 Å². The molecule has 32 heavy (non-hydrogen) atoms. The number of aryl methyl sites for hydroxylation is 1. The van der Waals surface area contributed by atoms with Gasteiger partial charge in [0.05, 0.1) is 17.9 Å². The third-order valence-corrected chi connectivity index (χ3v) is 7.83. The summed E-state index contributed by atoms with van der Waals surface area (Å²) in [5, 5.41) is 3.76. The summed E-state index contributed by atoms with van der Waals surface area (Å²) in [5.41, 5.74) is 7.93. The molecule has 1 atom stereocenters. The van der Waals surface area contributed by atoms with E-state index in [1.807, 2.05) is 0 Å². The predicted octanol–water partition coefficient (Wildman–Crippen LogP) is 5.74. The van der Waals surface area contributed by atoms with E-state index in [0.717, 1.165) is 41.0 Å². The Morgan fingerprint density at radius 1 is 1.38 bits per heavy atom. The number of hydrogen-bond acceptors (Lipinski definition) is 7. The largest absolute Gasteiger partial charge is 0.462 e. The highest BCUT2D eigenvalue weighted by molar-refractivity contribution is 7.21.